The van der Waals surface area contributed by atoms with E-state index in [0.29, 0.717) is 0 Å². The van der Waals surface area contributed by atoms with Crippen LogP contribution in [0.3, 0.4) is 0 Å². The maximum absolute atomic E-state index is 4.35. The normalized spacial score (nSPS) is 10.7. The lowest BCUT2D eigenvalue weighted by Gasteiger charge is -1.86. The number of benzene rings is 1. The molecule has 1 heterocycles. The quantitative estimate of drug-likeness (QED) is 0.673. The van der Waals surface area contributed by atoms with E-state index in [-0.39, 0.29) is 0 Å². The molecule has 0 aliphatic rings. The Morgan fingerprint density at radius 2 is 2.27 bits per heavy atom. The Labute approximate surface area is 77.2 Å². The molecule has 3 heteroatoms. The summed E-state index contributed by atoms with van der Waals surface area (Å²) in [5.41, 5.74) is 1.09. The monoisotopic (exact) mass is 227 g/mol. The summed E-state index contributed by atoms with van der Waals surface area (Å²) in [5.74, 6) is 0. The average molecular weight is 228 g/mol. The number of halogens is 1. The molecule has 0 atom stereocenters. The summed E-state index contributed by atoms with van der Waals surface area (Å²) >= 11 is 5.15. The van der Waals surface area contributed by atoms with E-state index in [1.165, 1.54) is 4.70 Å². The second-order valence-electron chi connectivity index (χ2n) is 2.34. The number of hydrogen-bond donors (Lipinski definition) is 0. The highest BCUT2D eigenvalue weighted by molar-refractivity contribution is 9.10. The van der Waals surface area contributed by atoms with Gasteiger partial charge in [-0.25, -0.2) is 4.98 Å². The zero-order valence-corrected chi connectivity index (χ0v) is 8.37. The van der Waals surface area contributed by atoms with Crippen LogP contribution in [0.15, 0.2) is 22.7 Å². The minimum absolute atomic E-state index is 1.09. The van der Waals surface area contributed by atoms with E-state index >= 15 is 0 Å². The van der Waals surface area contributed by atoms with Crippen molar-refractivity contribution in [3.05, 3.63) is 27.7 Å². The fourth-order valence-electron chi connectivity index (χ4n) is 1.01. The van der Waals surface area contributed by atoms with Crippen molar-refractivity contribution in [1.82, 2.24) is 4.98 Å². The summed E-state index contributed by atoms with van der Waals surface area (Å²) in [5, 5.41) is 1.12. The first-order valence-corrected chi connectivity index (χ1v) is 4.89. The Morgan fingerprint density at radius 1 is 1.45 bits per heavy atom. The molecule has 1 nitrogen and oxygen atoms in total. The van der Waals surface area contributed by atoms with Crippen LogP contribution in [0.2, 0.25) is 0 Å². The number of fused-ring (bicyclic) bond motifs is 1. The number of rotatable bonds is 0. The zero-order valence-electron chi connectivity index (χ0n) is 5.97. The minimum atomic E-state index is 1.09. The summed E-state index contributed by atoms with van der Waals surface area (Å²) < 4.78 is 2.37. The first kappa shape index (κ1) is 7.25. The molecule has 0 N–H and O–H groups in total. The van der Waals surface area contributed by atoms with Crippen LogP contribution in [0.5, 0.6) is 0 Å². The molecule has 0 amide bonds. The van der Waals surface area contributed by atoms with Crippen LogP contribution in [-0.2, 0) is 0 Å². The van der Waals surface area contributed by atoms with Gasteiger partial charge in [-0.3, -0.25) is 0 Å². The third kappa shape index (κ3) is 1.30. The lowest BCUT2D eigenvalue weighted by atomic mass is 10.3. The van der Waals surface area contributed by atoms with Crippen LogP contribution in [0.25, 0.3) is 10.2 Å². The highest BCUT2D eigenvalue weighted by Crippen LogP contribution is 2.24. The Kier molecular flexibility index (Phi) is 1.69. The fourth-order valence-corrected chi connectivity index (χ4v) is 2.39. The molecular formula is C8H6BrNS. The Morgan fingerprint density at radius 3 is 3.09 bits per heavy atom. The largest absolute Gasteiger partial charge is 0.242 e. The van der Waals surface area contributed by atoms with Crippen molar-refractivity contribution in [3.63, 3.8) is 0 Å². The maximum atomic E-state index is 4.35. The molecule has 0 saturated carbocycles. The van der Waals surface area contributed by atoms with Crippen molar-refractivity contribution in [3.8, 4) is 0 Å². The van der Waals surface area contributed by atoms with Crippen molar-refractivity contribution in [2.45, 2.75) is 6.92 Å². The molecule has 0 unspecified atom stereocenters. The first-order chi connectivity index (χ1) is 5.25. The molecule has 0 fully saturated rings. The molecular weight excluding hydrogens is 222 g/mol. The Bertz CT molecular complexity index is 394. The number of thiazole rings is 1. The minimum Gasteiger partial charge on any atom is -0.242 e. The summed E-state index contributed by atoms with van der Waals surface area (Å²) in [6.45, 7) is 2.03. The van der Waals surface area contributed by atoms with Gasteiger partial charge in [0, 0.05) is 4.47 Å². The molecule has 1 aromatic carbocycles. The van der Waals surface area contributed by atoms with E-state index in [2.05, 4.69) is 27.0 Å². The molecule has 11 heavy (non-hydrogen) atoms. The lowest BCUT2D eigenvalue weighted by molar-refractivity contribution is 1.35. The molecule has 0 aliphatic heterocycles. The van der Waals surface area contributed by atoms with Gasteiger partial charge in [0.25, 0.3) is 0 Å². The number of aryl methyl sites for hydroxylation is 1. The van der Waals surface area contributed by atoms with E-state index in [9.17, 15) is 0 Å². The third-order valence-electron chi connectivity index (χ3n) is 1.46. The summed E-state index contributed by atoms with van der Waals surface area (Å²) in [6, 6.07) is 6.14. The van der Waals surface area contributed by atoms with Crippen molar-refractivity contribution < 1.29 is 0 Å². The van der Waals surface area contributed by atoms with E-state index in [0.717, 1.165) is 15.0 Å². The van der Waals surface area contributed by atoms with Gasteiger partial charge in [-0.2, -0.15) is 0 Å². The maximum Gasteiger partial charge on any atom is 0.0907 e. The van der Waals surface area contributed by atoms with E-state index < -0.39 is 0 Å². The number of hydrogen-bond acceptors (Lipinski definition) is 2. The molecule has 0 aliphatic carbocycles. The molecule has 0 radical (unpaired) electrons. The van der Waals surface area contributed by atoms with Crippen LogP contribution < -0.4 is 0 Å². The van der Waals surface area contributed by atoms with Gasteiger partial charge in [0.05, 0.1) is 15.2 Å². The summed E-state index contributed by atoms with van der Waals surface area (Å²) in [4.78, 5) is 4.35. The molecule has 2 aromatic rings. The summed E-state index contributed by atoms with van der Waals surface area (Å²) in [6.07, 6.45) is 0. The van der Waals surface area contributed by atoms with Crippen LogP contribution in [0, 0.1) is 6.92 Å². The molecule has 1 aromatic heterocycles. The Hall–Kier alpha value is -0.410. The predicted octanol–water partition coefficient (Wildman–Crippen LogP) is 3.37. The van der Waals surface area contributed by atoms with E-state index in [4.69, 9.17) is 0 Å². The molecule has 2 rings (SSSR count). The third-order valence-corrected chi connectivity index (χ3v) is 2.88. The Balaban J connectivity index is 2.82. The van der Waals surface area contributed by atoms with Crippen molar-refractivity contribution in [1.29, 1.82) is 0 Å². The topological polar surface area (TPSA) is 12.9 Å². The molecule has 56 valence electrons. The second-order valence-corrected chi connectivity index (χ2v) is 4.50. The zero-order chi connectivity index (χ0) is 7.84. The van der Waals surface area contributed by atoms with Gasteiger partial charge < -0.3 is 0 Å². The lowest BCUT2D eigenvalue weighted by Crippen LogP contribution is -1.67. The highest BCUT2D eigenvalue weighted by Gasteiger charge is 1.98. The first-order valence-electron chi connectivity index (χ1n) is 3.28. The van der Waals surface area contributed by atoms with Gasteiger partial charge in [0.2, 0.25) is 0 Å². The van der Waals surface area contributed by atoms with Gasteiger partial charge in [-0.1, -0.05) is 15.9 Å². The van der Waals surface area contributed by atoms with Gasteiger partial charge in [0.15, 0.2) is 0 Å². The average Bonchev–Trinajstić information content (AvgIpc) is 2.27. The molecule has 0 spiro atoms. The van der Waals surface area contributed by atoms with E-state index in [1.807, 2.05) is 19.1 Å². The standard InChI is InChI=1S/C8H6BrNS/c1-5-10-7-3-2-6(9)4-8(7)11-5/h2-4H,1H3. The van der Waals surface area contributed by atoms with Crippen molar-refractivity contribution in [2.24, 2.45) is 0 Å². The van der Waals surface area contributed by atoms with Crippen LogP contribution >= 0.6 is 27.3 Å². The van der Waals surface area contributed by atoms with Gasteiger partial charge in [-0.15, -0.1) is 11.3 Å². The SMILES string of the molecule is Cc1nc2ccc(Br)cc2s1. The van der Waals surface area contributed by atoms with E-state index in [1.54, 1.807) is 11.3 Å². The van der Waals surface area contributed by atoms with Crippen molar-refractivity contribution >= 4 is 37.5 Å². The summed E-state index contributed by atoms with van der Waals surface area (Å²) in [7, 11) is 0. The predicted molar refractivity (Wildman–Crippen MR) is 52.1 cm³/mol. The van der Waals surface area contributed by atoms with Gasteiger partial charge in [-0.05, 0) is 25.1 Å². The molecule has 0 bridgehead atoms. The second kappa shape index (κ2) is 2.57. The smallest absolute Gasteiger partial charge is 0.0907 e. The van der Waals surface area contributed by atoms with Crippen LogP contribution in [-0.4, -0.2) is 4.98 Å². The fraction of sp³-hybridized carbons (Fsp3) is 0.125. The number of nitrogens with zero attached hydrogens (tertiary/aromatic N) is 1. The van der Waals surface area contributed by atoms with Gasteiger partial charge in [0.1, 0.15) is 0 Å². The van der Waals surface area contributed by atoms with Gasteiger partial charge >= 0.3 is 0 Å². The van der Waals surface area contributed by atoms with Crippen LogP contribution in [0.1, 0.15) is 5.01 Å². The van der Waals surface area contributed by atoms with Crippen LogP contribution in [0.4, 0.5) is 0 Å². The molecule has 0 saturated heterocycles. The number of aromatic nitrogens is 1. The van der Waals surface area contributed by atoms with Crippen molar-refractivity contribution in [2.75, 3.05) is 0 Å². The highest BCUT2D eigenvalue weighted by atomic mass is 79.9.